The summed E-state index contributed by atoms with van der Waals surface area (Å²) >= 11 is 0. The SMILES string of the molecule is CCCCOC(=O)CCCCCCCCCCCCC(=O)N[C@@H](CCC(=O)OC(C)(C)C)C(=O)OCCCC. The lowest BCUT2D eigenvalue weighted by Crippen LogP contribution is -2.42. The van der Waals surface area contributed by atoms with Gasteiger partial charge in [0.15, 0.2) is 0 Å². The summed E-state index contributed by atoms with van der Waals surface area (Å²) in [5, 5.41) is 2.77. The smallest absolute Gasteiger partial charge is 0.328 e. The predicted octanol–water partition coefficient (Wildman–Crippen LogP) is 6.96. The van der Waals surface area contributed by atoms with Gasteiger partial charge in [0.05, 0.1) is 13.2 Å². The highest BCUT2D eigenvalue weighted by molar-refractivity contribution is 5.85. The first kappa shape index (κ1) is 36.9. The van der Waals surface area contributed by atoms with E-state index in [-0.39, 0.29) is 24.7 Å². The maximum atomic E-state index is 12.5. The lowest BCUT2D eigenvalue weighted by molar-refractivity contribution is -0.156. The van der Waals surface area contributed by atoms with Crippen LogP contribution in [-0.4, -0.2) is 48.7 Å². The van der Waals surface area contributed by atoms with Gasteiger partial charge in [-0.25, -0.2) is 4.79 Å². The van der Waals surface area contributed by atoms with Crippen molar-refractivity contribution in [3.63, 3.8) is 0 Å². The molecule has 0 aromatic rings. The van der Waals surface area contributed by atoms with E-state index >= 15 is 0 Å². The van der Waals surface area contributed by atoms with Crippen molar-refractivity contribution in [1.29, 1.82) is 0 Å². The van der Waals surface area contributed by atoms with Gasteiger partial charge in [-0.3, -0.25) is 14.4 Å². The number of amides is 1. The standard InChI is InChI=1S/C31H57NO7/c1-6-8-24-37-28(34)21-19-17-15-13-11-10-12-14-16-18-20-27(33)32-26(30(36)38-25-9-7-2)22-23-29(35)39-31(3,4)5/h26H,6-25H2,1-5H3,(H,32,33)/t26-/m0/s1. The molecule has 0 aliphatic carbocycles. The van der Waals surface area contributed by atoms with E-state index in [4.69, 9.17) is 14.2 Å². The van der Waals surface area contributed by atoms with E-state index in [0.29, 0.717) is 26.1 Å². The molecule has 0 aromatic carbocycles. The van der Waals surface area contributed by atoms with Crippen molar-refractivity contribution < 1.29 is 33.4 Å². The third-order valence-corrected chi connectivity index (χ3v) is 6.21. The molecule has 0 saturated heterocycles. The number of hydrogen-bond acceptors (Lipinski definition) is 7. The van der Waals surface area contributed by atoms with Gasteiger partial charge in [0, 0.05) is 19.3 Å². The van der Waals surface area contributed by atoms with Crippen LogP contribution >= 0.6 is 0 Å². The summed E-state index contributed by atoms with van der Waals surface area (Å²) in [6.07, 6.45) is 15.4. The first-order valence-electron chi connectivity index (χ1n) is 15.4. The van der Waals surface area contributed by atoms with Crippen LogP contribution < -0.4 is 5.32 Å². The largest absolute Gasteiger partial charge is 0.466 e. The zero-order chi connectivity index (χ0) is 29.4. The Hall–Kier alpha value is -2.12. The maximum Gasteiger partial charge on any atom is 0.328 e. The van der Waals surface area contributed by atoms with Gasteiger partial charge >= 0.3 is 17.9 Å². The molecule has 0 aliphatic rings. The minimum atomic E-state index is -0.839. The number of rotatable bonds is 24. The van der Waals surface area contributed by atoms with E-state index in [9.17, 15) is 19.2 Å². The molecule has 39 heavy (non-hydrogen) atoms. The fourth-order valence-corrected chi connectivity index (χ4v) is 3.96. The molecule has 8 nitrogen and oxygen atoms in total. The van der Waals surface area contributed by atoms with Crippen LogP contribution in [0.25, 0.3) is 0 Å². The van der Waals surface area contributed by atoms with E-state index in [1.54, 1.807) is 20.8 Å². The monoisotopic (exact) mass is 555 g/mol. The first-order valence-corrected chi connectivity index (χ1v) is 15.4. The molecule has 0 aromatic heterocycles. The molecule has 0 unspecified atom stereocenters. The van der Waals surface area contributed by atoms with E-state index in [0.717, 1.165) is 70.6 Å². The van der Waals surface area contributed by atoms with Gasteiger partial charge < -0.3 is 19.5 Å². The van der Waals surface area contributed by atoms with Gasteiger partial charge in [0.1, 0.15) is 11.6 Å². The highest BCUT2D eigenvalue weighted by Gasteiger charge is 2.25. The number of hydrogen-bond donors (Lipinski definition) is 1. The lowest BCUT2D eigenvalue weighted by atomic mass is 10.0. The fraction of sp³-hybridized carbons (Fsp3) is 0.871. The highest BCUT2D eigenvalue weighted by Crippen LogP contribution is 2.14. The summed E-state index contributed by atoms with van der Waals surface area (Å²) in [6, 6.07) is -0.839. The summed E-state index contributed by atoms with van der Waals surface area (Å²) < 4.78 is 15.8. The maximum absolute atomic E-state index is 12.5. The summed E-state index contributed by atoms with van der Waals surface area (Å²) in [5.41, 5.74) is -0.595. The quantitative estimate of drug-likeness (QED) is 0.0779. The van der Waals surface area contributed by atoms with Crippen molar-refractivity contribution in [1.82, 2.24) is 5.32 Å². The van der Waals surface area contributed by atoms with Crippen LogP contribution in [0.4, 0.5) is 0 Å². The Kier molecular flexibility index (Phi) is 22.5. The number of unbranched alkanes of at least 4 members (excludes halogenated alkanes) is 11. The van der Waals surface area contributed by atoms with Crippen LogP contribution in [0.5, 0.6) is 0 Å². The van der Waals surface area contributed by atoms with Gasteiger partial charge in [-0.05, 0) is 52.9 Å². The molecule has 0 saturated carbocycles. The van der Waals surface area contributed by atoms with Crippen molar-refractivity contribution in [3.05, 3.63) is 0 Å². The number of carbonyl (C=O) groups is 4. The zero-order valence-corrected chi connectivity index (χ0v) is 25.6. The van der Waals surface area contributed by atoms with Gasteiger partial charge in [0.25, 0.3) is 0 Å². The van der Waals surface area contributed by atoms with Crippen LogP contribution in [0, 0.1) is 0 Å². The predicted molar refractivity (Wildman–Crippen MR) is 154 cm³/mol. The Bertz CT molecular complexity index is 672. The molecule has 0 aliphatic heterocycles. The van der Waals surface area contributed by atoms with Crippen LogP contribution in [-0.2, 0) is 33.4 Å². The molecule has 1 amide bonds. The van der Waals surface area contributed by atoms with Crippen LogP contribution in [0.15, 0.2) is 0 Å². The van der Waals surface area contributed by atoms with Crippen LogP contribution in [0.3, 0.4) is 0 Å². The van der Waals surface area contributed by atoms with Crippen LogP contribution in [0.2, 0.25) is 0 Å². The molecular formula is C31H57NO7. The number of esters is 3. The Morgan fingerprint density at radius 2 is 1.10 bits per heavy atom. The molecule has 1 N–H and O–H groups in total. The van der Waals surface area contributed by atoms with Crippen molar-refractivity contribution in [2.45, 2.75) is 162 Å². The van der Waals surface area contributed by atoms with Gasteiger partial charge in [-0.1, -0.05) is 78.1 Å². The van der Waals surface area contributed by atoms with Gasteiger partial charge in [0.2, 0.25) is 5.91 Å². The van der Waals surface area contributed by atoms with Crippen molar-refractivity contribution in [3.8, 4) is 0 Å². The van der Waals surface area contributed by atoms with Gasteiger partial charge in [-0.15, -0.1) is 0 Å². The lowest BCUT2D eigenvalue weighted by Gasteiger charge is -2.21. The van der Waals surface area contributed by atoms with Crippen molar-refractivity contribution in [2.75, 3.05) is 13.2 Å². The Morgan fingerprint density at radius 3 is 1.62 bits per heavy atom. The highest BCUT2D eigenvalue weighted by atomic mass is 16.6. The topological polar surface area (TPSA) is 108 Å². The Morgan fingerprint density at radius 1 is 0.615 bits per heavy atom. The van der Waals surface area contributed by atoms with Crippen molar-refractivity contribution in [2.24, 2.45) is 0 Å². The normalized spacial score (nSPS) is 12.0. The number of nitrogens with one attached hydrogen (secondary N) is 1. The molecule has 0 spiro atoms. The second-order valence-electron chi connectivity index (χ2n) is 11.4. The molecule has 0 fully saturated rings. The molecule has 228 valence electrons. The van der Waals surface area contributed by atoms with Crippen LogP contribution in [0.1, 0.15) is 150 Å². The molecular weight excluding hydrogens is 498 g/mol. The van der Waals surface area contributed by atoms with E-state index < -0.39 is 23.6 Å². The van der Waals surface area contributed by atoms with E-state index in [1.807, 2.05) is 6.92 Å². The summed E-state index contributed by atoms with van der Waals surface area (Å²) in [6.45, 7) is 10.3. The second kappa shape index (κ2) is 23.7. The average molecular weight is 556 g/mol. The third kappa shape index (κ3) is 24.6. The minimum absolute atomic E-state index is 0.0384. The summed E-state index contributed by atoms with van der Waals surface area (Å²) in [4.78, 5) is 48.6. The second-order valence-corrected chi connectivity index (χ2v) is 11.4. The zero-order valence-electron chi connectivity index (χ0n) is 25.6. The van der Waals surface area contributed by atoms with Crippen molar-refractivity contribution >= 4 is 23.8 Å². The molecule has 0 heterocycles. The Balaban J connectivity index is 4.01. The molecule has 0 bridgehead atoms. The number of ether oxygens (including phenoxy) is 3. The van der Waals surface area contributed by atoms with Gasteiger partial charge in [-0.2, -0.15) is 0 Å². The molecule has 0 rings (SSSR count). The Labute approximate surface area is 237 Å². The number of carbonyl (C=O) groups excluding carboxylic acids is 4. The summed E-state index contributed by atoms with van der Waals surface area (Å²) in [5.74, 6) is -1.15. The van der Waals surface area contributed by atoms with E-state index in [1.165, 1.54) is 19.3 Å². The van der Waals surface area contributed by atoms with E-state index in [2.05, 4.69) is 12.2 Å². The third-order valence-electron chi connectivity index (χ3n) is 6.21. The average Bonchev–Trinajstić information content (AvgIpc) is 2.86. The molecule has 8 heteroatoms. The molecule has 0 radical (unpaired) electrons. The first-order chi connectivity index (χ1) is 18.6. The summed E-state index contributed by atoms with van der Waals surface area (Å²) in [7, 11) is 0. The fourth-order valence-electron chi connectivity index (χ4n) is 3.96. The minimum Gasteiger partial charge on any atom is -0.466 e. The molecule has 1 atom stereocenters.